The predicted octanol–water partition coefficient (Wildman–Crippen LogP) is 3.76. The topological polar surface area (TPSA) is 47.6 Å². The van der Waals surface area contributed by atoms with Crippen LogP contribution in [0.4, 0.5) is 5.69 Å². The largest absolute Gasteiger partial charge is 0.485 e. The average Bonchev–Trinajstić information content (AvgIpc) is 2.54. The number of ether oxygens (including phenoxy) is 2. The molecule has 0 spiro atoms. The van der Waals surface area contributed by atoms with Crippen LogP contribution in [0.15, 0.2) is 48.5 Å². The maximum Gasteiger partial charge on any atom is 0.269 e. The molecule has 1 aliphatic rings. The highest BCUT2D eigenvalue weighted by molar-refractivity contribution is 5.95. The molecule has 0 fully saturated rings. The zero-order chi connectivity index (χ0) is 16.4. The second-order valence-corrected chi connectivity index (χ2v) is 6.65. The van der Waals surface area contributed by atoms with E-state index >= 15 is 0 Å². The van der Waals surface area contributed by atoms with Gasteiger partial charge in [0.25, 0.3) is 5.91 Å². The quantitative estimate of drug-likeness (QED) is 0.918. The Morgan fingerprint density at radius 1 is 1.04 bits per heavy atom. The van der Waals surface area contributed by atoms with Gasteiger partial charge >= 0.3 is 0 Å². The van der Waals surface area contributed by atoms with Gasteiger partial charge < -0.3 is 14.8 Å². The number of hydrogen-bond acceptors (Lipinski definition) is 3. The molecule has 0 saturated carbocycles. The summed E-state index contributed by atoms with van der Waals surface area (Å²) >= 11 is 0. The average molecular weight is 311 g/mol. The van der Waals surface area contributed by atoms with Crippen molar-refractivity contribution in [2.75, 3.05) is 11.9 Å². The molecule has 3 rings (SSSR count). The Kier molecular flexibility index (Phi) is 3.99. The third-order valence-electron chi connectivity index (χ3n) is 3.79. The van der Waals surface area contributed by atoms with Crippen LogP contribution in [0, 0.1) is 0 Å². The van der Waals surface area contributed by atoms with Crippen LogP contribution in [-0.4, -0.2) is 18.6 Å². The number of benzene rings is 2. The first-order chi connectivity index (χ1) is 10.9. The van der Waals surface area contributed by atoms with Crippen molar-refractivity contribution in [1.29, 1.82) is 0 Å². The molecule has 120 valence electrons. The first-order valence-electron chi connectivity index (χ1n) is 7.74. The lowest BCUT2D eigenvalue weighted by molar-refractivity contribution is -0.125. The Morgan fingerprint density at radius 3 is 2.43 bits per heavy atom. The molecule has 1 aliphatic heterocycles. The van der Waals surface area contributed by atoms with Crippen molar-refractivity contribution in [3.05, 3.63) is 54.1 Å². The molecule has 0 unspecified atom stereocenters. The minimum atomic E-state index is -0.655. The smallest absolute Gasteiger partial charge is 0.269 e. The summed E-state index contributed by atoms with van der Waals surface area (Å²) in [6.07, 6.45) is -0.655. The number of carbonyl (C=O) groups excluding carboxylic acids is 1. The van der Waals surface area contributed by atoms with Crippen molar-refractivity contribution in [2.45, 2.75) is 32.3 Å². The normalized spacial score (nSPS) is 16.7. The standard InChI is InChI=1S/C19H21NO3/c1-19(2,3)13-8-4-5-9-14(13)20-18(21)17-12-22-15-10-6-7-11-16(15)23-17/h4-11,17H,12H2,1-3H3,(H,20,21)/t17-/m1/s1. The van der Waals surface area contributed by atoms with E-state index in [2.05, 4.69) is 26.1 Å². The van der Waals surface area contributed by atoms with E-state index in [0.29, 0.717) is 11.5 Å². The van der Waals surface area contributed by atoms with Crippen LogP contribution < -0.4 is 14.8 Å². The summed E-state index contributed by atoms with van der Waals surface area (Å²) < 4.78 is 11.4. The summed E-state index contributed by atoms with van der Waals surface area (Å²) in [5.74, 6) is 1.07. The van der Waals surface area contributed by atoms with Crippen LogP contribution in [-0.2, 0) is 10.2 Å². The van der Waals surface area contributed by atoms with Gasteiger partial charge in [-0.3, -0.25) is 4.79 Å². The Labute approximate surface area is 136 Å². The van der Waals surface area contributed by atoms with Crippen molar-refractivity contribution in [2.24, 2.45) is 0 Å². The molecule has 23 heavy (non-hydrogen) atoms. The van der Waals surface area contributed by atoms with Gasteiger partial charge in [0.1, 0.15) is 6.61 Å². The van der Waals surface area contributed by atoms with Gasteiger partial charge in [-0.1, -0.05) is 51.1 Å². The van der Waals surface area contributed by atoms with Crippen LogP contribution in [0.25, 0.3) is 0 Å². The van der Waals surface area contributed by atoms with Crippen molar-refractivity contribution < 1.29 is 14.3 Å². The van der Waals surface area contributed by atoms with Crippen molar-refractivity contribution in [3.8, 4) is 11.5 Å². The molecule has 4 nitrogen and oxygen atoms in total. The second kappa shape index (κ2) is 5.95. The Bertz CT molecular complexity index is 719. The first-order valence-corrected chi connectivity index (χ1v) is 7.74. The van der Waals surface area contributed by atoms with Gasteiger partial charge in [0.05, 0.1) is 0 Å². The fourth-order valence-corrected chi connectivity index (χ4v) is 2.61. The van der Waals surface area contributed by atoms with Gasteiger partial charge in [0, 0.05) is 5.69 Å². The van der Waals surface area contributed by atoms with Crippen molar-refractivity contribution in [3.63, 3.8) is 0 Å². The molecule has 2 aromatic rings. The number of nitrogens with one attached hydrogen (secondary N) is 1. The molecule has 1 atom stereocenters. The van der Waals surface area contributed by atoms with Crippen molar-refractivity contribution in [1.82, 2.24) is 0 Å². The van der Waals surface area contributed by atoms with Crippen LogP contribution in [0.1, 0.15) is 26.3 Å². The molecule has 4 heteroatoms. The van der Waals surface area contributed by atoms with Gasteiger partial charge in [-0.05, 0) is 29.2 Å². The predicted molar refractivity (Wildman–Crippen MR) is 90.1 cm³/mol. The van der Waals surface area contributed by atoms with Crippen LogP contribution >= 0.6 is 0 Å². The molecular formula is C19H21NO3. The number of hydrogen-bond donors (Lipinski definition) is 1. The zero-order valence-electron chi connectivity index (χ0n) is 13.6. The second-order valence-electron chi connectivity index (χ2n) is 6.65. The minimum Gasteiger partial charge on any atom is -0.485 e. The lowest BCUT2D eigenvalue weighted by Crippen LogP contribution is -2.40. The van der Waals surface area contributed by atoms with Gasteiger partial charge in [-0.15, -0.1) is 0 Å². The molecule has 2 aromatic carbocycles. The van der Waals surface area contributed by atoms with Gasteiger partial charge in [-0.2, -0.15) is 0 Å². The Morgan fingerprint density at radius 2 is 1.70 bits per heavy atom. The monoisotopic (exact) mass is 311 g/mol. The van der Waals surface area contributed by atoms with Crippen LogP contribution in [0.5, 0.6) is 11.5 Å². The van der Waals surface area contributed by atoms with E-state index in [1.165, 1.54) is 0 Å². The lowest BCUT2D eigenvalue weighted by Gasteiger charge is -2.27. The zero-order valence-corrected chi connectivity index (χ0v) is 13.6. The SMILES string of the molecule is CC(C)(C)c1ccccc1NC(=O)[C@H]1COc2ccccc2O1. The highest BCUT2D eigenvalue weighted by atomic mass is 16.6. The molecule has 0 aromatic heterocycles. The number of para-hydroxylation sites is 3. The highest BCUT2D eigenvalue weighted by Crippen LogP contribution is 2.32. The van der Waals surface area contributed by atoms with E-state index in [4.69, 9.17) is 9.47 Å². The number of anilines is 1. The lowest BCUT2D eigenvalue weighted by atomic mass is 9.86. The van der Waals surface area contributed by atoms with Crippen LogP contribution in [0.2, 0.25) is 0 Å². The maximum absolute atomic E-state index is 12.5. The summed E-state index contributed by atoms with van der Waals surface area (Å²) in [4.78, 5) is 12.5. The molecule has 0 saturated heterocycles. The molecular weight excluding hydrogens is 290 g/mol. The Balaban J connectivity index is 1.76. The van der Waals surface area contributed by atoms with E-state index in [-0.39, 0.29) is 17.9 Å². The fourth-order valence-electron chi connectivity index (χ4n) is 2.61. The van der Waals surface area contributed by atoms with E-state index in [9.17, 15) is 4.79 Å². The third kappa shape index (κ3) is 3.31. The van der Waals surface area contributed by atoms with Crippen LogP contribution in [0.3, 0.4) is 0 Å². The molecule has 0 radical (unpaired) electrons. The maximum atomic E-state index is 12.5. The molecule has 1 N–H and O–H groups in total. The summed E-state index contributed by atoms with van der Waals surface area (Å²) in [6.45, 7) is 6.57. The molecule has 0 bridgehead atoms. The van der Waals surface area contributed by atoms with Gasteiger partial charge in [-0.25, -0.2) is 0 Å². The number of fused-ring (bicyclic) bond motifs is 1. The first kappa shape index (κ1) is 15.4. The fraction of sp³-hybridized carbons (Fsp3) is 0.316. The Hall–Kier alpha value is -2.49. The summed E-state index contributed by atoms with van der Waals surface area (Å²) in [5, 5.41) is 2.97. The summed E-state index contributed by atoms with van der Waals surface area (Å²) in [5.41, 5.74) is 1.85. The van der Waals surface area contributed by atoms with E-state index in [1.807, 2.05) is 42.5 Å². The highest BCUT2D eigenvalue weighted by Gasteiger charge is 2.28. The molecule has 1 amide bonds. The number of rotatable bonds is 2. The van der Waals surface area contributed by atoms with E-state index in [1.54, 1.807) is 6.07 Å². The third-order valence-corrected chi connectivity index (χ3v) is 3.79. The summed E-state index contributed by atoms with van der Waals surface area (Å²) in [6, 6.07) is 15.2. The molecule has 1 heterocycles. The summed E-state index contributed by atoms with van der Waals surface area (Å²) in [7, 11) is 0. The van der Waals surface area contributed by atoms with Gasteiger partial charge in [0.2, 0.25) is 6.10 Å². The van der Waals surface area contributed by atoms with E-state index in [0.717, 1.165) is 11.3 Å². The minimum absolute atomic E-state index is 0.0552. The molecule has 0 aliphatic carbocycles. The van der Waals surface area contributed by atoms with Crippen molar-refractivity contribution >= 4 is 11.6 Å². The number of amides is 1. The van der Waals surface area contributed by atoms with E-state index < -0.39 is 6.10 Å². The number of carbonyl (C=O) groups is 1. The van der Waals surface area contributed by atoms with Gasteiger partial charge in [0.15, 0.2) is 11.5 Å².